The summed E-state index contributed by atoms with van der Waals surface area (Å²) in [4.78, 5) is 11.0. The summed E-state index contributed by atoms with van der Waals surface area (Å²) in [5.74, 6) is -0.975. The van der Waals surface area contributed by atoms with E-state index in [9.17, 15) is 4.79 Å². The summed E-state index contributed by atoms with van der Waals surface area (Å²) in [7, 11) is 0. The van der Waals surface area contributed by atoms with Crippen LogP contribution in [0.15, 0.2) is 41.0 Å². The van der Waals surface area contributed by atoms with Crippen molar-refractivity contribution in [3.05, 3.63) is 51.7 Å². The molecule has 0 aliphatic carbocycles. The number of carboxylic acid groups (broad SMARTS) is 1. The maximum atomic E-state index is 11.0. The Morgan fingerprint density at radius 1 is 1.31 bits per heavy atom. The molecule has 1 aromatic heterocycles. The standard InChI is InChI=1S/C11H7BrClNO2/c12-10-7(13)3-1-4-8(10)14-6-2-5-9(14)11(15)16/h1-6H,(H,15,16). The molecule has 1 N–H and O–H groups in total. The Hall–Kier alpha value is -1.26. The number of rotatable bonds is 2. The molecule has 0 aliphatic heterocycles. The van der Waals surface area contributed by atoms with Gasteiger partial charge in [0.2, 0.25) is 0 Å². The van der Waals surface area contributed by atoms with Gasteiger partial charge in [0.05, 0.1) is 15.2 Å². The minimum absolute atomic E-state index is 0.197. The summed E-state index contributed by atoms with van der Waals surface area (Å²) in [5, 5.41) is 9.55. The number of nitrogens with zero attached hydrogens (tertiary/aromatic N) is 1. The molecule has 0 amide bonds. The van der Waals surface area contributed by atoms with E-state index >= 15 is 0 Å². The Morgan fingerprint density at radius 3 is 2.75 bits per heavy atom. The molecule has 0 spiro atoms. The lowest BCUT2D eigenvalue weighted by Gasteiger charge is -2.09. The Kier molecular flexibility index (Phi) is 3.03. The van der Waals surface area contributed by atoms with E-state index in [4.69, 9.17) is 16.7 Å². The zero-order valence-electron chi connectivity index (χ0n) is 8.02. The van der Waals surface area contributed by atoms with Gasteiger partial charge in [0.15, 0.2) is 0 Å². The maximum Gasteiger partial charge on any atom is 0.352 e. The van der Waals surface area contributed by atoms with Gasteiger partial charge in [-0.3, -0.25) is 0 Å². The van der Waals surface area contributed by atoms with Gasteiger partial charge in [0.25, 0.3) is 0 Å². The van der Waals surface area contributed by atoms with Gasteiger partial charge in [-0.05, 0) is 40.2 Å². The summed E-state index contributed by atoms with van der Waals surface area (Å²) in [6.45, 7) is 0. The van der Waals surface area contributed by atoms with Gasteiger partial charge >= 0.3 is 5.97 Å². The van der Waals surface area contributed by atoms with Crippen LogP contribution >= 0.6 is 27.5 Å². The highest BCUT2D eigenvalue weighted by molar-refractivity contribution is 9.10. The Labute approximate surface area is 105 Å². The van der Waals surface area contributed by atoms with Crippen LogP contribution in [0.25, 0.3) is 5.69 Å². The number of hydrogen-bond acceptors (Lipinski definition) is 1. The van der Waals surface area contributed by atoms with E-state index in [-0.39, 0.29) is 5.69 Å². The van der Waals surface area contributed by atoms with Crippen LogP contribution in [0.1, 0.15) is 10.5 Å². The largest absolute Gasteiger partial charge is 0.477 e. The Morgan fingerprint density at radius 2 is 2.06 bits per heavy atom. The SMILES string of the molecule is O=C(O)c1cccn1-c1cccc(Cl)c1Br. The quantitative estimate of drug-likeness (QED) is 0.921. The highest BCUT2D eigenvalue weighted by Gasteiger charge is 2.13. The molecule has 16 heavy (non-hydrogen) atoms. The van der Waals surface area contributed by atoms with Crippen molar-refractivity contribution in [2.45, 2.75) is 0 Å². The van der Waals surface area contributed by atoms with E-state index in [0.717, 1.165) is 0 Å². The van der Waals surface area contributed by atoms with Crippen molar-refractivity contribution < 1.29 is 9.90 Å². The van der Waals surface area contributed by atoms with E-state index in [0.29, 0.717) is 15.2 Å². The monoisotopic (exact) mass is 299 g/mol. The molecule has 0 saturated heterocycles. The highest BCUT2D eigenvalue weighted by atomic mass is 79.9. The molecule has 0 saturated carbocycles. The first-order valence-corrected chi connectivity index (χ1v) is 5.63. The Bertz CT molecular complexity index is 551. The second kappa shape index (κ2) is 4.31. The van der Waals surface area contributed by atoms with Crippen LogP contribution in [0.5, 0.6) is 0 Å². The summed E-state index contributed by atoms with van der Waals surface area (Å²) >= 11 is 9.29. The third kappa shape index (κ3) is 1.86. The van der Waals surface area contributed by atoms with Crippen LogP contribution in [0.3, 0.4) is 0 Å². The second-order valence-electron chi connectivity index (χ2n) is 3.14. The van der Waals surface area contributed by atoms with Crippen LogP contribution < -0.4 is 0 Å². The summed E-state index contributed by atoms with van der Waals surface area (Å²) < 4.78 is 2.24. The van der Waals surface area contributed by atoms with Crippen LogP contribution in [0.2, 0.25) is 5.02 Å². The molecule has 1 aromatic carbocycles. The smallest absolute Gasteiger partial charge is 0.352 e. The zero-order chi connectivity index (χ0) is 11.7. The van der Waals surface area contributed by atoms with E-state index in [1.807, 2.05) is 0 Å². The second-order valence-corrected chi connectivity index (χ2v) is 4.34. The minimum atomic E-state index is -0.975. The third-order valence-electron chi connectivity index (χ3n) is 2.16. The number of carbonyl (C=O) groups is 1. The molecule has 2 rings (SSSR count). The van der Waals surface area contributed by atoms with Crippen molar-refractivity contribution in [1.82, 2.24) is 4.57 Å². The summed E-state index contributed by atoms with van der Waals surface area (Å²) in [5.41, 5.74) is 0.901. The fourth-order valence-electron chi connectivity index (χ4n) is 1.44. The van der Waals surface area contributed by atoms with Crippen molar-refractivity contribution in [1.29, 1.82) is 0 Å². The van der Waals surface area contributed by atoms with Crippen molar-refractivity contribution in [2.75, 3.05) is 0 Å². The van der Waals surface area contributed by atoms with E-state index < -0.39 is 5.97 Å². The number of carboxylic acids is 1. The van der Waals surface area contributed by atoms with Crippen molar-refractivity contribution in [3.63, 3.8) is 0 Å². The predicted molar refractivity (Wildman–Crippen MR) is 65.4 cm³/mol. The van der Waals surface area contributed by atoms with Crippen LogP contribution in [0.4, 0.5) is 0 Å². The average molecular weight is 301 g/mol. The first kappa shape index (κ1) is 11.2. The predicted octanol–water partition coefficient (Wildman–Crippen LogP) is 3.59. The van der Waals surface area contributed by atoms with Gasteiger partial charge in [-0.2, -0.15) is 0 Å². The van der Waals surface area contributed by atoms with E-state index in [1.54, 1.807) is 35.0 Å². The first-order chi connectivity index (χ1) is 7.61. The summed E-state index contributed by atoms with van der Waals surface area (Å²) in [6, 6.07) is 8.52. The number of benzene rings is 1. The molecule has 1 heterocycles. The van der Waals surface area contributed by atoms with Gasteiger partial charge in [-0.25, -0.2) is 4.79 Å². The van der Waals surface area contributed by atoms with Gasteiger partial charge in [0.1, 0.15) is 5.69 Å². The number of hydrogen-bond donors (Lipinski definition) is 1. The van der Waals surface area contributed by atoms with Gasteiger partial charge < -0.3 is 9.67 Å². The number of aromatic nitrogens is 1. The van der Waals surface area contributed by atoms with Gasteiger partial charge in [-0.15, -0.1) is 0 Å². The number of halogens is 2. The van der Waals surface area contributed by atoms with Crippen molar-refractivity contribution in [3.8, 4) is 5.69 Å². The van der Waals surface area contributed by atoms with Crippen LogP contribution in [0, 0.1) is 0 Å². The molecule has 3 nitrogen and oxygen atoms in total. The fraction of sp³-hybridized carbons (Fsp3) is 0. The molecular formula is C11H7BrClNO2. The lowest BCUT2D eigenvalue weighted by Crippen LogP contribution is -2.06. The lowest BCUT2D eigenvalue weighted by atomic mass is 10.3. The van der Waals surface area contributed by atoms with E-state index in [1.165, 1.54) is 6.07 Å². The van der Waals surface area contributed by atoms with Crippen LogP contribution in [-0.2, 0) is 0 Å². The topological polar surface area (TPSA) is 42.2 Å². The molecule has 82 valence electrons. The maximum absolute atomic E-state index is 11.0. The molecule has 0 atom stereocenters. The molecule has 0 fully saturated rings. The molecule has 5 heteroatoms. The zero-order valence-corrected chi connectivity index (χ0v) is 10.4. The minimum Gasteiger partial charge on any atom is -0.477 e. The molecule has 0 aliphatic rings. The highest BCUT2D eigenvalue weighted by Crippen LogP contribution is 2.29. The normalized spacial score (nSPS) is 10.4. The van der Waals surface area contributed by atoms with E-state index in [2.05, 4.69) is 15.9 Å². The number of aromatic carboxylic acids is 1. The Balaban J connectivity index is 2.63. The van der Waals surface area contributed by atoms with Gasteiger partial charge in [0, 0.05) is 6.20 Å². The molecule has 2 aromatic rings. The third-order valence-corrected chi connectivity index (χ3v) is 3.54. The van der Waals surface area contributed by atoms with Crippen LogP contribution in [-0.4, -0.2) is 15.6 Å². The fourth-order valence-corrected chi connectivity index (χ4v) is 2.07. The molecule has 0 unspecified atom stereocenters. The summed E-state index contributed by atoms with van der Waals surface area (Å²) in [6.07, 6.45) is 1.68. The average Bonchev–Trinajstić information content (AvgIpc) is 2.70. The van der Waals surface area contributed by atoms with Crippen molar-refractivity contribution in [2.24, 2.45) is 0 Å². The van der Waals surface area contributed by atoms with Gasteiger partial charge in [-0.1, -0.05) is 17.7 Å². The molecular weight excluding hydrogens is 293 g/mol. The molecule has 0 radical (unpaired) electrons. The van der Waals surface area contributed by atoms with Crippen molar-refractivity contribution >= 4 is 33.5 Å². The first-order valence-electron chi connectivity index (χ1n) is 4.46. The lowest BCUT2D eigenvalue weighted by molar-refractivity contribution is 0.0688. The molecule has 0 bridgehead atoms.